The van der Waals surface area contributed by atoms with Crippen LogP contribution in [-0.4, -0.2) is 33.5 Å². The van der Waals surface area contributed by atoms with Gasteiger partial charge in [-0.2, -0.15) is 0 Å². The molecule has 1 amide bonds. The summed E-state index contributed by atoms with van der Waals surface area (Å²) in [7, 11) is 0. The summed E-state index contributed by atoms with van der Waals surface area (Å²) in [6.07, 6.45) is 1.38. The van der Waals surface area contributed by atoms with Gasteiger partial charge in [0.25, 0.3) is 5.91 Å². The van der Waals surface area contributed by atoms with E-state index in [9.17, 15) is 14.3 Å². The Morgan fingerprint density at radius 1 is 1.38 bits per heavy atom. The zero-order chi connectivity index (χ0) is 15.0. The molecule has 6 heteroatoms. The fourth-order valence-corrected chi connectivity index (χ4v) is 2.85. The van der Waals surface area contributed by atoms with Crippen molar-refractivity contribution in [3.05, 3.63) is 58.6 Å². The standard InChI is InChI=1S/C15H14ClFN2O2/c16-10-5-13(18-7-10)15(21)19-8-12(20)6-14(19)9-1-3-11(17)4-2-9/h1-5,7,12,14,18,20H,6,8H2/t12-,14+/m1/s1. The number of likely N-dealkylation sites (tertiary alicyclic amines) is 1. The van der Waals surface area contributed by atoms with Gasteiger partial charge < -0.3 is 15.0 Å². The highest BCUT2D eigenvalue weighted by molar-refractivity contribution is 6.30. The lowest BCUT2D eigenvalue weighted by Crippen LogP contribution is -2.32. The van der Waals surface area contributed by atoms with E-state index in [4.69, 9.17) is 11.6 Å². The van der Waals surface area contributed by atoms with Crippen molar-refractivity contribution in [1.29, 1.82) is 0 Å². The number of H-pyrrole nitrogens is 1. The minimum absolute atomic E-state index is 0.229. The molecule has 2 heterocycles. The number of amides is 1. The van der Waals surface area contributed by atoms with Crippen molar-refractivity contribution in [2.24, 2.45) is 0 Å². The zero-order valence-electron chi connectivity index (χ0n) is 11.1. The topological polar surface area (TPSA) is 56.3 Å². The molecule has 1 aromatic heterocycles. The van der Waals surface area contributed by atoms with Crippen molar-refractivity contribution >= 4 is 17.5 Å². The van der Waals surface area contributed by atoms with Crippen LogP contribution in [-0.2, 0) is 0 Å². The first-order valence-electron chi connectivity index (χ1n) is 6.63. The van der Waals surface area contributed by atoms with Gasteiger partial charge in [-0.3, -0.25) is 4.79 Å². The number of aromatic amines is 1. The normalized spacial score (nSPS) is 21.8. The Bertz CT molecular complexity index is 656. The van der Waals surface area contributed by atoms with Crippen LogP contribution >= 0.6 is 11.6 Å². The molecule has 1 aromatic carbocycles. The van der Waals surface area contributed by atoms with Crippen molar-refractivity contribution in [1.82, 2.24) is 9.88 Å². The number of carbonyl (C=O) groups is 1. The maximum absolute atomic E-state index is 13.0. The van der Waals surface area contributed by atoms with Gasteiger partial charge in [0.05, 0.1) is 17.2 Å². The summed E-state index contributed by atoms with van der Waals surface area (Å²) >= 11 is 5.82. The number of nitrogens with one attached hydrogen (secondary N) is 1. The van der Waals surface area contributed by atoms with Crippen molar-refractivity contribution in [2.75, 3.05) is 6.54 Å². The summed E-state index contributed by atoms with van der Waals surface area (Å²) < 4.78 is 13.0. The van der Waals surface area contributed by atoms with Gasteiger partial charge >= 0.3 is 0 Å². The monoisotopic (exact) mass is 308 g/mol. The van der Waals surface area contributed by atoms with Gasteiger partial charge in [0.2, 0.25) is 0 Å². The van der Waals surface area contributed by atoms with Gasteiger partial charge in [0, 0.05) is 12.7 Å². The molecule has 0 bridgehead atoms. The molecule has 1 fully saturated rings. The summed E-state index contributed by atoms with van der Waals surface area (Å²) in [6, 6.07) is 7.27. The molecule has 1 aliphatic heterocycles. The fourth-order valence-electron chi connectivity index (χ4n) is 2.69. The number of hydrogen-bond donors (Lipinski definition) is 2. The Hall–Kier alpha value is -1.85. The Morgan fingerprint density at radius 3 is 2.71 bits per heavy atom. The Labute approximate surface area is 126 Å². The summed E-state index contributed by atoms with van der Waals surface area (Å²) in [4.78, 5) is 16.9. The summed E-state index contributed by atoms with van der Waals surface area (Å²) in [5, 5.41) is 10.3. The molecule has 1 aliphatic rings. The maximum Gasteiger partial charge on any atom is 0.270 e. The number of rotatable bonds is 2. The van der Waals surface area contributed by atoms with Crippen molar-refractivity contribution in [2.45, 2.75) is 18.6 Å². The Kier molecular flexibility index (Phi) is 3.69. The maximum atomic E-state index is 13.0. The van der Waals surface area contributed by atoms with Crippen LogP contribution in [0.5, 0.6) is 0 Å². The predicted molar refractivity (Wildman–Crippen MR) is 76.6 cm³/mol. The van der Waals surface area contributed by atoms with Gasteiger partial charge in [-0.25, -0.2) is 4.39 Å². The minimum atomic E-state index is -0.588. The van der Waals surface area contributed by atoms with Crippen LogP contribution in [0.25, 0.3) is 0 Å². The van der Waals surface area contributed by atoms with Crippen molar-refractivity contribution in [3.63, 3.8) is 0 Å². The lowest BCUT2D eigenvalue weighted by atomic mass is 10.0. The van der Waals surface area contributed by atoms with Crippen LogP contribution in [0.4, 0.5) is 4.39 Å². The first kappa shape index (κ1) is 14.1. The van der Waals surface area contributed by atoms with Crippen LogP contribution < -0.4 is 0 Å². The molecule has 0 aliphatic carbocycles. The summed E-state index contributed by atoms with van der Waals surface area (Å²) in [6.45, 7) is 0.248. The molecule has 2 N–H and O–H groups in total. The molecule has 3 rings (SSSR count). The van der Waals surface area contributed by atoms with E-state index >= 15 is 0 Å². The Balaban J connectivity index is 1.88. The highest BCUT2D eigenvalue weighted by Gasteiger charge is 2.36. The van der Waals surface area contributed by atoms with E-state index in [1.54, 1.807) is 23.1 Å². The third-order valence-corrected chi connectivity index (χ3v) is 3.89. The molecule has 110 valence electrons. The average molecular weight is 309 g/mol. The van der Waals surface area contributed by atoms with E-state index in [2.05, 4.69) is 4.98 Å². The highest BCUT2D eigenvalue weighted by Crippen LogP contribution is 2.33. The molecule has 0 spiro atoms. The fraction of sp³-hybridized carbons (Fsp3) is 0.267. The van der Waals surface area contributed by atoms with Crippen LogP contribution in [0.1, 0.15) is 28.5 Å². The lowest BCUT2D eigenvalue weighted by Gasteiger charge is -2.24. The number of benzene rings is 1. The summed E-state index contributed by atoms with van der Waals surface area (Å²) in [5.74, 6) is -0.556. The Morgan fingerprint density at radius 2 is 2.10 bits per heavy atom. The highest BCUT2D eigenvalue weighted by atomic mass is 35.5. The number of aliphatic hydroxyl groups excluding tert-OH is 1. The number of hydrogen-bond acceptors (Lipinski definition) is 2. The molecule has 0 saturated carbocycles. The molecule has 21 heavy (non-hydrogen) atoms. The first-order valence-corrected chi connectivity index (χ1v) is 7.01. The second-order valence-corrected chi connectivity index (χ2v) is 5.58. The molecular formula is C15H14ClFN2O2. The number of nitrogens with zero attached hydrogens (tertiary/aromatic N) is 1. The van der Waals surface area contributed by atoms with Crippen LogP contribution in [0.2, 0.25) is 5.02 Å². The minimum Gasteiger partial charge on any atom is -0.391 e. The van der Waals surface area contributed by atoms with Crippen molar-refractivity contribution < 1.29 is 14.3 Å². The van der Waals surface area contributed by atoms with Gasteiger partial charge in [-0.1, -0.05) is 23.7 Å². The number of aliphatic hydroxyl groups is 1. The third kappa shape index (κ3) is 2.80. The van der Waals surface area contributed by atoms with E-state index in [1.807, 2.05) is 0 Å². The van der Waals surface area contributed by atoms with Gasteiger partial charge in [0.1, 0.15) is 11.5 Å². The SMILES string of the molecule is O=C(c1cc(Cl)c[nH]1)N1C[C@H](O)C[C@H]1c1ccc(F)cc1. The lowest BCUT2D eigenvalue weighted by molar-refractivity contribution is 0.0710. The van der Waals surface area contributed by atoms with Crippen LogP contribution in [0.15, 0.2) is 36.5 Å². The zero-order valence-corrected chi connectivity index (χ0v) is 11.8. The van der Waals surface area contributed by atoms with E-state index in [1.165, 1.54) is 18.3 Å². The predicted octanol–water partition coefficient (Wildman–Crippen LogP) is 2.76. The van der Waals surface area contributed by atoms with Crippen LogP contribution in [0.3, 0.4) is 0 Å². The largest absolute Gasteiger partial charge is 0.391 e. The number of aromatic nitrogens is 1. The number of β-amino-alcohol motifs (C(OH)–C–C–N with tert-alkyl or cyclic N) is 1. The third-order valence-electron chi connectivity index (χ3n) is 3.67. The van der Waals surface area contributed by atoms with Crippen LogP contribution in [0, 0.1) is 5.82 Å². The number of carbonyl (C=O) groups excluding carboxylic acids is 1. The molecular weight excluding hydrogens is 295 g/mol. The summed E-state index contributed by atoms with van der Waals surface area (Å²) in [5.41, 5.74) is 1.18. The van der Waals surface area contributed by atoms with E-state index in [0.29, 0.717) is 17.1 Å². The smallest absolute Gasteiger partial charge is 0.270 e. The second kappa shape index (κ2) is 5.50. The molecule has 2 atom stereocenters. The quantitative estimate of drug-likeness (QED) is 0.896. The van der Waals surface area contributed by atoms with E-state index in [0.717, 1.165) is 5.56 Å². The average Bonchev–Trinajstić information content (AvgIpc) is 3.05. The van der Waals surface area contributed by atoms with E-state index < -0.39 is 6.10 Å². The molecule has 0 unspecified atom stereocenters. The number of halogens is 2. The molecule has 1 saturated heterocycles. The molecule has 4 nitrogen and oxygen atoms in total. The molecule has 0 radical (unpaired) electrons. The van der Waals surface area contributed by atoms with Gasteiger partial charge in [-0.15, -0.1) is 0 Å². The second-order valence-electron chi connectivity index (χ2n) is 5.15. The van der Waals surface area contributed by atoms with Crippen molar-refractivity contribution in [3.8, 4) is 0 Å². The van der Waals surface area contributed by atoms with E-state index in [-0.39, 0.29) is 24.3 Å². The molecule has 2 aromatic rings. The first-order chi connectivity index (χ1) is 10.0. The van der Waals surface area contributed by atoms with Gasteiger partial charge in [0.15, 0.2) is 0 Å². The van der Waals surface area contributed by atoms with Gasteiger partial charge in [-0.05, 0) is 30.2 Å².